The van der Waals surface area contributed by atoms with Gasteiger partial charge in [0.15, 0.2) is 0 Å². The molecule has 18 heavy (non-hydrogen) atoms. The summed E-state index contributed by atoms with van der Waals surface area (Å²) in [5, 5.41) is 0. The van der Waals surface area contributed by atoms with Gasteiger partial charge >= 0.3 is 5.97 Å². The van der Waals surface area contributed by atoms with Gasteiger partial charge in [0.25, 0.3) is 0 Å². The second-order valence-electron chi connectivity index (χ2n) is 3.50. The lowest BCUT2D eigenvalue weighted by atomic mass is 10.1. The predicted octanol–water partition coefficient (Wildman–Crippen LogP) is 3.50. The molecule has 4 nitrogen and oxygen atoms in total. The molecule has 0 N–H and O–H groups in total. The zero-order valence-electron chi connectivity index (χ0n) is 9.90. The summed E-state index contributed by atoms with van der Waals surface area (Å²) in [6.07, 6.45) is 1.59. The van der Waals surface area contributed by atoms with Crippen LogP contribution in [0.25, 0.3) is 11.3 Å². The molecule has 0 fully saturated rings. The van der Waals surface area contributed by atoms with Crippen molar-refractivity contribution >= 4 is 21.9 Å². The van der Waals surface area contributed by atoms with Crippen LogP contribution in [0.5, 0.6) is 5.75 Å². The maximum absolute atomic E-state index is 11.6. The second kappa shape index (κ2) is 5.27. The minimum atomic E-state index is -0.446. The van der Waals surface area contributed by atoms with Crippen LogP contribution in [0.2, 0.25) is 0 Å². The fraction of sp³-hybridized carbons (Fsp3) is 0.154. The van der Waals surface area contributed by atoms with Crippen molar-refractivity contribution in [3.8, 4) is 17.1 Å². The third kappa shape index (κ3) is 2.26. The third-order valence-electron chi connectivity index (χ3n) is 2.48. The SMILES string of the molecule is COC(=O)c1cc(Br)c(-c2ccco2)cc1OC. The molecule has 1 aromatic carbocycles. The van der Waals surface area contributed by atoms with Gasteiger partial charge in [-0.3, -0.25) is 0 Å². The van der Waals surface area contributed by atoms with Crippen LogP contribution >= 0.6 is 15.9 Å². The summed E-state index contributed by atoms with van der Waals surface area (Å²) < 4.78 is 16.0. The van der Waals surface area contributed by atoms with Crippen molar-refractivity contribution in [3.63, 3.8) is 0 Å². The van der Waals surface area contributed by atoms with E-state index in [0.29, 0.717) is 17.1 Å². The topological polar surface area (TPSA) is 48.7 Å². The monoisotopic (exact) mass is 310 g/mol. The first-order chi connectivity index (χ1) is 8.67. The predicted molar refractivity (Wildman–Crippen MR) is 69.7 cm³/mol. The number of carbonyl (C=O) groups is 1. The Balaban J connectivity index is 2.56. The van der Waals surface area contributed by atoms with Gasteiger partial charge in [-0.15, -0.1) is 0 Å². The van der Waals surface area contributed by atoms with Gasteiger partial charge in [0.2, 0.25) is 0 Å². The van der Waals surface area contributed by atoms with Crippen molar-refractivity contribution in [2.75, 3.05) is 14.2 Å². The standard InChI is InChI=1S/C13H11BrO4/c1-16-12-7-8(11-4-3-5-18-11)10(14)6-9(12)13(15)17-2/h3-7H,1-2H3. The van der Waals surface area contributed by atoms with E-state index in [1.54, 1.807) is 24.5 Å². The average Bonchev–Trinajstić information content (AvgIpc) is 2.91. The molecule has 0 atom stereocenters. The first kappa shape index (κ1) is 12.7. The summed E-state index contributed by atoms with van der Waals surface area (Å²) >= 11 is 3.41. The minimum absolute atomic E-state index is 0.363. The molecule has 0 radical (unpaired) electrons. The zero-order chi connectivity index (χ0) is 13.1. The van der Waals surface area contributed by atoms with E-state index >= 15 is 0 Å². The van der Waals surface area contributed by atoms with E-state index in [0.717, 1.165) is 10.0 Å². The Bertz CT molecular complexity index is 561. The van der Waals surface area contributed by atoms with Gasteiger partial charge in [-0.1, -0.05) is 15.9 Å². The van der Waals surface area contributed by atoms with Gasteiger partial charge in [0.1, 0.15) is 17.1 Å². The summed E-state index contributed by atoms with van der Waals surface area (Å²) in [6, 6.07) is 7.01. The van der Waals surface area contributed by atoms with Gasteiger partial charge in [-0.05, 0) is 24.3 Å². The highest BCUT2D eigenvalue weighted by molar-refractivity contribution is 9.10. The maximum atomic E-state index is 11.6. The maximum Gasteiger partial charge on any atom is 0.341 e. The van der Waals surface area contributed by atoms with Crippen LogP contribution in [0.15, 0.2) is 39.4 Å². The number of rotatable bonds is 3. The van der Waals surface area contributed by atoms with E-state index in [4.69, 9.17) is 13.9 Å². The molecule has 0 unspecified atom stereocenters. The Kier molecular flexibility index (Phi) is 3.72. The fourth-order valence-electron chi connectivity index (χ4n) is 1.61. The van der Waals surface area contributed by atoms with E-state index in [1.165, 1.54) is 14.2 Å². The van der Waals surface area contributed by atoms with Crippen LogP contribution in [0.3, 0.4) is 0 Å². The molecule has 1 heterocycles. The number of halogens is 1. The average molecular weight is 311 g/mol. The van der Waals surface area contributed by atoms with Gasteiger partial charge in [0, 0.05) is 10.0 Å². The smallest absolute Gasteiger partial charge is 0.341 e. The molecule has 0 bridgehead atoms. The van der Waals surface area contributed by atoms with Crippen molar-refractivity contribution in [1.82, 2.24) is 0 Å². The molecular weight excluding hydrogens is 300 g/mol. The van der Waals surface area contributed by atoms with Crippen LogP contribution in [-0.4, -0.2) is 20.2 Å². The number of methoxy groups -OCH3 is 2. The molecule has 0 aliphatic rings. The quantitative estimate of drug-likeness (QED) is 0.814. The Morgan fingerprint density at radius 3 is 2.67 bits per heavy atom. The normalized spacial score (nSPS) is 10.2. The molecule has 0 spiro atoms. The second-order valence-corrected chi connectivity index (χ2v) is 4.36. The summed E-state index contributed by atoms with van der Waals surface area (Å²) in [5.41, 5.74) is 1.17. The molecule has 0 amide bonds. The number of esters is 1. The number of hydrogen-bond donors (Lipinski definition) is 0. The van der Waals surface area contributed by atoms with Gasteiger partial charge in [-0.25, -0.2) is 4.79 Å². The lowest BCUT2D eigenvalue weighted by molar-refractivity contribution is 0.0597. The molecule has 0 saturated carbocycles. The van der Waals surface area contributed by atoms with Crippen molar-refractivity contribution in [2.45, 2.75) is 0 Å². The molecular formula is C13H11BrO4. The summed E-state index contributed by atoms with van der Waals surface area (Å²) in [7, 11) is 2.83. The number of carbonyl (C=O) groups excluding carboxylic acids is 1. The molecule has 2 aromatic rings. The molecule has 94 valence electrons. The zero-order valence-corrected chi connectivity index (χ0v) is 11.5. The Hall–Kier alpha value is -1.75. The molecule has 0 saturated heterocycles. The van der Waals surface area contributed by atoms with Gasteiger partial charge in [-0.2, -0.15) is 0 Å². The van der Waals surface area contributed by atoms with E-state index < -0.39 is 5.97 Å². The number of ether oxygens (including phenoxy) is 2. The molecule has 1 aromatic heterocycles. The van der Waals surface area contributed by atoms with E-state index in [1.807, 2.05) is 6.07 Å². The van der Waals surface area contributed by atoms with Crippen LogP contribution in [0.4, 0.5) is 0 Å². The van der Waals surface area contributed by atoms with E-state index in [2.05, 4.69) is 15.9 Å². The number of hydrogen-bond acceptors (Lipinski definition) is 4. The molecule has 5 heteroatoms. The Morgan fingerprint density at radius 1 is 1.33 bits per heavy atom. The highest BCUT2D eigenvalue weighted by atomic mass is 79.9. The van der Waals surface area contributed by atoms with E-state index in [9.17, 15) is 4.79 Å². The first-order valence-electron chi connectivity index (χ1n) is 5.17. The summed E-state index contributed by atoms with van der Waals surface area (Å²) in [6.45, 7) is 0. The van der Waals surface area contributed by atoms with Gasteiger partial charge < -0.3 is 13.9 Å². The Labute approximate surface area is 113 Å². The van der Waals surface area contributed by atoms with Crippen molar-refractivity contribution in [2.24, 2.45) is 0 Å². The largest absolute Gasteiger partial charge is 0.496 e. The van der Waals surface area contributed by atoms with E-state index in [-0.39, 0.29) is 0 Å². The summed E-state index contributed by atoms with van der Waals surface area (Å²) in [5.74, 6) is 0.687. The Morgan fingerprint density at radius 2 is 2.11 bits per heavy atom. The van der Waals surface area contributed by atoms with Crippen molar-refractivity contribution < 1.29 is 18.7 Å². The van der Waals surface area contributed by atoms with Crippen molar-refractivity contribution in [3.05, 3.63) is 40.6 Å². The highest BCUT2D eigenvalue weighted by Crippen LogP contribution is 2.35. The first-order valence-corrected chi connectivity index (χ1v) is 5.96. The lowest BCUT2D eigenvalue weighted by Crippen LogP contribution is -2.04. The van der Waals surface area contributed by atoms with Crippen LogP contribution in [-0.2, 0) is 4.74 Å². The number of benzene rings is 1. The minimum Gasteiger partial charge on any atom is -0.496 e. The molecule has 0 aliphatic heterocycles. The lowest BCUT2D eigenvalue weighted by Gasteiger charge is -2.10. The molecule has 0 aliphatic carbocycles. The van der Waals surface area contributed by atoms with Crippen molar-refractivity contribution in [1.29, 1.82) is 0 Å². The van der Waals surface area contributed by atoms with Gasteiger partial charge in [0.05, 0.1) is 20.5 Å². The van der Waals surface area contributed by atoms with Crippen LogP contribution in [0, 0.1) is 0 Å². The highest BCUT2D eigenvalue weighted by Gasteiger charge is 2.17. The summed E-state index contributed by atoms with van der Waals surface area (Å²) in [4.78, 5) is 11.6. The fourth-order valence-corrected chi connectivity index (χ4v) is 2.15. The number of furan rings is 1. The van der Waals surface area contributed by atoms with Crippen LogP contribution in [0.1, 0.15) is 10.4 Å². The third-order valence-corrected chi connectivity index (χ3v) is 3.14. The van der Waals surface area contributed by atoms with Crippen LogP contribution < -0.4 is 4.74 Å². The molecule has 2 rings (SSSR count).